The minimum atomic E-state index is -3.45. The van der Waals surface area contributed by atoms with Crippen LogP contribution in [0, 0.1) is 0 Å². The van der Waals surface area contributed by atoms with Crippen molar-refractivity contribution in [3.8, 4) is 0 Å². The lowest BCUT2D eigenvalue weighted by atomic mass is 9.70. The quantitative estimate of drug-likeness (QED) is 0.286. The Bertz CT molecular complexity index is 428. The minimum Gasteiger partial charge on any atom is -0.394 e. The van der Waals surface area contributed by atoms with Crippen LogP contribution in [0.5, 0.6) is 0 Å². The monoisotopic (exact) mass is 276 g/mol. The molecule has 4 N–H and O–H groups in total. The summed E-state index contributed by atoms with van der Waals surface area (Å²) in [6, 6.07) is 0. The molecular weight excluding hydrogens is 260 g/mol. The van der Waals surface area contributed by atoms with Gasteiger partial charge < -0.3 is 20.4 Å². The number of hydrogen-bond donors (Lipinski definition) is 4. The second-order valence-corrected chi connectivity index (χ2v) is 4.17. The number of Topliss-reactive ketones (excluding diaryl/α,β-unsaturated/α-hetero) is 4. The van der Waals surface area contributed by atoms with E-state index in [0.717, 1.165) is 6.92 Å². The second-order valence-electron chi connectivity index (χ2n) is 4.17. The SMILES string of the molecule is CC(=O)C(=O)[C@](O)(C(C)=O)[C@@](O)(C(C)=O)[C@@H](O)CO. The molecule has 19 heavy (non-hydrogen) atoms. The van der Waals surface area contributed by atoms with E-state index in [2.05, 4.69) is 0 Å². The molecule has 0 aromatic rings. The summed E-state index contributed by atoms with van der Waals surface area (Å²) < 4.78 is 0. The molecule has 0 aromatic carbocycles. The first-order valence-corrected chi connectivity index (χ1v) is 5.29. The van der Waals surface area contributed by atoms with Gasteiger partial charge in [0.2, 0.25) is 11.4 Å². The average Bonchev–Trinajstić information content (AvgIpc) is 2.33. The highest BCUT2D eigenvalue weighted by molar-refractivity contribution is 6.45. The molecule has 0 bridgehead atoms. The van der Waals surface area contributed by atoms with Crippen LogP contribution >= 0.6 is 0 Å². The largest absolute Gasteiger partial charge is 0.394 e. The Labute approximate surface area is 108 Å². The standard InChI is InChI=1S/C11H16O8/c1-5(13)9(17)11(19,7(3)15)10(18,6(2)14)8(16)4-12/h8,12,16,18-19H,4H2,1-3H3/t8-,10+,11+/m0/s1. The highest BCUT2D eigenvalue weighted by Crippen LogP contribution is 2.30. The van der Waals surface area contributed by atoms with Gasteiger partial charge in [-0.2, -0.15) is 0 Å². The lowest BCUT2D eigenvalue weighted by Crippen LogP contribution is -2.73. The molecular formula is C11H16O8. The molecule has 108 valence electrons. The smallest absolute Gasteiger partial charge is 0.240 e. The lowest BCUT2D eigenvalue weighted by Gasteiger charge is -2.40. The fraction of sp³-hybridized carbons (Fsp3) is 0.636. The van der Waals surface area contributed by atoms with Gasteiger partial charge in [0.25, 0.3) is 0 Å². The highest BCUT2D eigenvalue weighted by Gasteiger charge is 2.65. The van der Waals surface area contributed by atoms with Crippen molar-refractivity contribution in [2.24, 2.45) is 0 Å². The van der Waals surface area contributed by atoms with Crippen molar-refractivity contribution in [3.63, 3.8) is 0 Å². The summed E-state index contributed by atoms with van der Waals surface area (Å²) in [5.74, 6) is -5.79. The number of carbonyl (C=O) groups is 4. The summed E-state index contributed by atoms with van der Waals surface area (Å²) >= 11 is 0. The zero-order valence-electron chi connectivity index (χ0n) is 10.7. The summed E-state index contributed by atoms with van der Waals surface area (Å²) in [5.41, 5.74) is -6.76. The first kappa shape index (κ1) is 17.5. The molecule has 0 spiro atoms. The maximum Gasteiger partial charge on any atom is 0.240 e. The van der Waals surface area contributed by atoms with Gasteiger partial charge in [0, 0.05) is 6.92 Å². The molecule has 0 fully saturated rings. The number of aliphatic hydroxyl groups excluding tert-OH is 2. The van der Waals surface area contributed by atoms with E-state index < -0.39 is 47.0 Å². The molecule has 0 unspecified atom stereocenters. The molecule has 8 nitrogen and oxygen atoms in total. The van der Waals surface area contributed by atoms with Gasteiger partial charge >= 0.3 is 0 Å². The average molecular weight is 276 g/mol. The van der Waals surface area contributed by atoms with Crippen LogP contribution in [-0.4, -0.2) is 67.5 Å². The van der Waals surface area contributed by atoms with E-state index in [1.807, 2.05) is 0 Å². The number of hydrogen-bond acceptors (Lipinski definition) is 8. The molecule has 0 aliphatic carbocycles. The van der Waals surface area contributed by atoms with E-state index in [-0.39, 0.29) is 0 Å². The third kappa shape index (κ3) is 2.47. The van der Waals surface area contributed by atoms with Gasteiger partial charge in [0.15, 0.2) is 23.0 Å². The predicted molar refractivity (Wildman–Crippen MR) is 60.0 cm³/mol. The van der Waals surface area contributed by atoms with Crippen LogP contribution in [-0.2, 0) is 19.2 Å². The number of aliphatic hydroxyl groups is 4. The molecule has 3 atom stereocenters. The lowest BCUT2D eigenvalue weighted by molar-refractivity contribution is -0.207. The van der Waals surface area contributed by atoms with Crippen LogP contribution in [0.2, 0.25) is 0 Å². The number of rotatable bonds is 7. The summed E-state index contributed by atoms with van der Waals surface area (Å²) in [6.07, 6.45) is -2.32. The number of carbonyl (C=O) groups excluding carboxylic acids is 4. The van der Waals surface area contributed by atoms with Crippen molar-refractivity contribution in [2.45, 2.75) is 38.1 Å². The van der Waals surface area contributed by atoms with Gasteiger partial charge in [-0.25, -0.2) is 0 Å². The fourth-order valence-electron chi connectivity index (χ4n) is 1.72. The summed E-state index contributed by atoms with van der Waals surface area (Å²) in [7, 11) is 0. The Morgan fingerprint density at radius 2 is 1.42 bits per heavy atom. The van der Waals surface area contributed by atoms with Gasteiger partial charge in [-0.1, -0.05) is 0 Å². The fourth-order valence-corrected chi connectivity index (χ4v) is 1.72. The second kappa shape index (κ2) is 5.66. The molecule has 8 heteroatoms. The van der Waals surface area contributed by atoms with Gasteiger partial charge in [0.1, 0.15) is 6.10 Å². The van der Waals surface area contributed by atoms with Crippen LogP contribution in [0.1, 0.15) is 20.8 Å². The Balaban J connectivity index is 6.25. The van der Waals surface area contributed by atoms with Crippen molar-refractivity contribution < 1.29 is 39.6 Å². The Kier molecular flexibility index (Phi) is 5.22. The summed E-state index contributed by atoms with van der Waals surface area (Å²) in [4.78, 5) is 45.6. The number of ketones is 4. The normalized spacial score (nSPS) is 18.9. The maximum absolute atomic E-state index is 11.7. The molecule has 0 radical (unpaired) electrons. The Morgan fingerprint density at radius 1 is 1.00 bits per heavy atom. The van der Waals surface area contributed by atoms with Gasteiger partial charge in [-0.15, -0.1) is 0 Å². The third-order valence-electron chi connectivity index (χ3n) is 2.90. The van der Waals surface area contributed by atoms with Crippen LogP contribution < -0.4 is 0 Å². The summed E-state index contributed by atoms with van der Waals surface area (Å²) in [5, 5.41) is 38.4. The zero-order valence-corrected chi connectivity index (χ0v) is 10.7. The van der Waals surface area contributed by atoms with Gasteiger partial charge in [-0.05, 0) is 13.8 Å². The van der Waals surface area contributed by atoms with Crippen molar-refractivity contribution in [3.05, 3.63) is 0 Å². The first-order chi connectivity index (χ1) is 8.47. The van der Waals surface area contributed by atoms with E-state index in [0.29, 0.717) is 13.8 Å². The van der Waals surface area contributed by atoms with Crippen molar-refractivity contribution in [2.75, 3.05) is 6.61 Å². The van der Waals surface area contributed by atoms with E-state index in [4.69, 9.17) is 5.11 Å². The third-order valence-corrected chi connectivity index (χ3v) is 2.90. The van der Waals surface area contributed by atoms with Crippen molar-refractivity contribution in [1.29, 1.82) is 0 Å². The van der Waals surface area contributed by atoms with Crippen LogP contribution in [0.3, 0.4) is 0 Å². The first-order valence-electron chi connectivity index (χ1n) is 5.29. The van der Waals surface area contributed by atoms with E-state index in [1.54, 1.807) is 0 Å². The summed E-state index contributed by atoms with van der Waals surface area (Å²) in [6.45, 7) is 0.873. The van der Waals surface area contributed by atoms with E-state index in [1.165, 1.54) is 0 Å². The maximum atomic E-state index is 11.7. The van der Waals surface area contributed by atoms with Crippen LogP contribution in [0.15, 0.2) is 0 Å². The molecule has 0 saturated heterocycles. The molecule has 0 aliphatic heterocycles. The Hall–Kier alpha value is -1.48. The molecule has 0 aliphatic rings. The molecule has 0 heterocycles. The van der Waals surface area contributed by atoms with Crippen molar-refractivity contribution >= 4 is 23.1 Å². The minimum absolute atomic E-state index is 0.666. The van der Waals surface area contributed by atoms with Gasteiger partial charge in [-0.3, -0.25) is 19.2 Å². The molecule has 0 saturated carbocycles. The highest BCUT2D eigenvalue weighted by atomic mass is 16.4. The molecule has 0 aromatic heterocycles. The Morgan fingerprint density at radius 3 is 1.63 bits per heavy atom. The molecule has 0 amide bonds. The topological polar surface area (TPSA) is 149 Å². The van der Waals surface area contributed by atoms with Crippen LogP contribution in [0.25, 0.3) is 0 Å². The van der Waals surface area contributed by atoms with Crippen LogP contribution in [0.4, 0.5) is 0 Å². The zero-order chi connectivity index (χ0) is 15.6. The van der Waals surface area contributed by atoms with E-state index >= 15 is 0 Å². The molecule has 0 rings (SSSR count). The van der Waals surface area contributed by atoms with Gasteiger partial charge in [0.05, 0.1) is 6.61 Å². The van der Waals surface area contributed by atoms with E-state index in [9.17, 15) is 34.5 Å². The van der Waals surface area contributed by atoms with Crippen molar-refractivity contribution in [1.82, 2.24) is 0 Å². The predicted octanol–water partition coefficient (Wildman–Crippen LogP) is -2.86.